The lowest BCUT2D eigenvalue weighted by atomic mass is 10.2. The molecule has 2 aromatic carbocycles. The molecule has 1 aliphatic heterocycles. The van der Waals surface area contributed by atoms with Gasteiger partial charge in [-0.1, -0.05) is 28.1 Å². The van der Waals surface area contributed by atoms with Gasteiger partial charge in [-0.25, -0.2) is 4.39 Å². The first-order chi connectivity index (χ1) is 12.5. The van der Waals surface area contributed by atoms with Crippen LogP contribution in [0.2, 0.25) is 0 Å². The van der Waals surface area contributed by atoms with Gasteiger partial charge in [0.1, 0.15) is 5.82 Å². The van der Waals surface area contributed by atoms with Crippen molar-refractivity contribution in [3.8, 4) is 0 Å². The van der Waals surface area contributed by atoms with Crippen molar-refractivity contribution in [1.82, 2.24) is 4.90 Å². The average molecular weight is 420 g/mol. The van der Waals surface area contributed by atoms with Gasteiger partial charge in [0.2, 0.25) is 5.91 Å². The molecular formula is C20H23BrFN3O. The molecular weight excluding hydrogens is 397 g/mol. The van der Waals surface area contributed by atoms with Gasteiger partial charge < -0.3 is 10.2 Å². The van der Waals surface area contributed by atoms with Crippen LogP contribution in [0.15, 0.2) is 46.9 Å². The third kappa shape index (κ3) is 4.83. The zero-order valence-corrected chi connectivity index (χ0v) is 16.4. The van der Waals surface area contributed by atoms with Gasteiger partial charge in [0.25, 0.3) is 0 Å². The number of hydrogen-bond acceptors (Lipinski definition) is 3. The van der Waals surface area contributed by atoms with Gasteiger partial charge in [0.15, 0.2) is 0 Å². The van der Waals surface area contributed by atoms with Gasteiger partial charge in [0.05, 0.1) is 5.69 Å². The molecule has 4 nitrogen and oxygen atoms in total. The van der Waals surface area contributed by atoms with Crippen LogP contribution in [0, 0.1) is 12.7 Å². The molecule has 138 valence electrons. The Kier molecular flexibility index (Phi) is 6.27. The summed E-state index contributed by atoms with van der Waals surface area (Å²) >= 11 is 3.46. The Morgan fingerprint density at radius 3 is 2.58 bits per heavy atom. The SMILES string of the molecule is Cc1cc(NC(=O)CCN2CCN(c3ccccc3F)CC2)ccc1Br. The van der Waals surface area contributed by atoms with Crippen LogP contribution in [-0.4, -0.2) is 43.5 Å². The normalized spacial score (nSPS) is 15.1. The number of piperazine rings is 1. The number of carbonyl (C=O) groups is 1. The van der Waals surface area contributed by atoms with Crippen molar-refractivity contribution in [2.75, 3.05) is 42.9 Å². The fraction of sp³-hybridized carbons (Fsp3) is 0.350. The summed E-state index contributed by atoms with van der Waals surface area (Å²) < 4.78 is 14.9. The van der Waals surface area contributed by atoms with Crippen molar-refractivity contribution in [2.24, 2.45) is 0 Å². The predicted molar refractivity (Wildman–Crippen MR) is 107 cm³/mol. The minimum Gasteiger partial charge on any atom is -0.367 e. The van der Waals surface area contributed by atoms with Crippen LogP contribution in [-0.2, 0) is 4.79 Å². The first kappa shape index (κ1) is 18.9. The van der Waals surface area contributed by atoms with E-state index in [1.807, 2.05) is 37.3 Å². The van der Waals surface area contributed by atoms with Crippen LogP contribution < -0.4 is 10.2 Å². The molecule has 0 saturated carbocycles. The molecule has 1 fully saturated rings. The smallest absolute Gasteiger partial charge is 0.225 e. The molecule has 0 bridgehead atoms. The van der Waals surface area contributed by atoms with E-state index < -0.39 is 0 Å². The van der Waals surface area contributed by atoms with Crippen LogP contribution in [0.25, 0.3) is 0 Å². The Hall–Kier alpha value is -1.92. The number of aryl methyl sites for hydroxylation is 1. The molecule has 1 N–H and O–H groups in total. The molecule has 0 atom stereocenters. The van der Waals surface area contributed by atoms with Crippen molar-refractivity contribution < 1.29 is 9.18 Å². The summed E-state index contributed by atoms with van der Waals surface area (Å²) in [6, 6.07) is 12.7. The number of hydrogen-bond donors (Lipinski definition) is 1. The molecule has 6 heteroatoms. The van der Waals surface area contributed by atoms with E-state index >= 15 is 0 Å². The first-order valence-corrected chi connectivity index (χ1v) is 9.60. The topological polar surface area (TPSA) is 35.6 Å². The van der Waals surface area contributed by atoms with E-state index in [0.29, 0.717) is 18.7 Å². The van der Waals surface area contributed by atoms with Crippen molar-refractivity contribution in [2.45, 2.75) is 13.3 Å². The van der Waals surface area contributed by atoms with Gasteiger partial charge in [-0.3, -0.25) is 9.69 Å². The summed E-state index contributed by atoms with van der Waals surface area (Å²) in [5.74, 6) is -0.159. The second-order valence-electron chi connectivity index (χ2n) is 6.54. The summed E-state index contributed by atoms with van der Waals surface area (Å²) in [5.41, 5.74) is 2.57. The molecule has 1 heterocycles. The molecule has 2 aromatic rings. The van der Waals surface area contributed by atoms with Crippen LogP contribution >= 0.6 is 15.9 Å². The lowest BCUT2D eigenvalue weighted by Crippen LogP contribution is -2.47. The second kappa shape index (κ2) is 8.64. The fourth-order valence-corrected chi connectivity index (χ4v) is 3.37. The predicted octanol–water partition coefficient (Wildman–Crippen LogP) is 4.05. The average Bonchev–Trinajstić information content (AvgIpc) is 2.64. The molecule has 0 aliphatic carbocycles. The quantitative estimate of drug-likeness (QED) is 0.793. The Morgan fingerprint density at radius 1 is 1.15 bits per heavy atom. The van der Waals surface area contributed by atoms with Crippen molar-refractivity contribution in [3.05, 3.63) is 58.3 Å². The summed E-state index contributed by atoms with van der Waals surface area (Å²) in [7, 11) is 0. The Balaban J connectivity index is 1.44. The molecule has 3 rings (SSSR count). The summed E-state index contributed by atoms with van der Waals surface area (Å²) in [6.07, 6.45) is 0.453. The number of anilines is 2. The third-order valence-electron chi connectivity index (χ3n) is 4.66. The standard InChI is InChI=1S/C20H23BrFN3O/c1-15-14-16(6-7-17(15)21)23-20(26)8-9-24-10-12-25(13-11-24)19-5-3-2-4-18(19)22/h2-7,14H,8-13H2,1H3,(H,23,26). The van der Waals surface area contributed by atoms with Crippen LogP contribution in [0.4, 0.5) is 15.8 Å². The Morgan fingerprint density at radius 2 is 1.88 bits per heavy atom. The van der Waals surface area contributed by atoms with E-state index in [9.17, 15) is 9.18 Å². The highest BCUT2D eigenvalue weighted by molar-refractivity contribution is 9.10. The van der Waals surface area contributed by atoms with Gasteiger partial charge in [-0.15, -0.1) is 0 Å². The molecule has 0 spiro atoms. The van der Waals surface area contributed by atoms with E-state index in [-0.39, 0.29) is 11.7 Å². The van der Waals surface area contributed by atoms with Crippen LogP contribution in [0.5, 0.6) is 0 Å². The maximum absolute atomic E-state index is 13.9. The molecule has 0 radical (unpaired) electrons. The largest absolute Gasteiger partial charge is 0.367 e. The van der Waals surface area contributed by atoms with Crippen molar-refractivity contribution >= 4 is 33.2 Å². The Labute approximate surface area is 162 Å². The molecule has 26 heavy (non-hydrogen) atoms. The monoisotopic (exact) mass is 419 g/mol. The highest BCUT2D eigenvalue weighted by Crippen LogP contribution is 2.21. The van der Waals surface area contributed by atoms with Gasteiger partial charge >= 0.3 is 0 Å². The van der Waals surface area contributed by atoms with Crippen molar-refractivity contribution in [3.63, 3.8) is 0 Å². The third-order valence-corrected chi connectivity index (χ3v) is 5.55. The number of rotatable bonds is 5. The number of nitrogens with one attached hydrogen (secondary N) is 1. The first-order valence-electron chi connectivity index (χ1n) is 8.81. The lowest BCUT2D eigenvalue weighted by molar-refractivity contribution is -0.116. The number of nitrogens with zero attached hydrogens (tertiary/aromatic N) is 2. The minimum absolute atomic E-state index is 0.0169. The van der Waals surface area contributed by atoms with E-state index in [1.54, 1.807) is 6.07 Å². The fourth-order valence-electron chi connectivity index (χ4n) is 3.13. The van der Waals surface area contributed by atoms with E-state index in [1.165, 1.54) is 6.07 Å². The van der Waals surface area contributed by atoms with Gasteiger partial charge in [-0.05, 0) is 42.8 Å². The lowest BCUT2D eigenvalue weighted by Gasteiger charge is -2.36. The van der Waals surface area contributed by atoms with E-state index in [2.05, 4.69) is 31.0 Å². The maximum atomic E-state index is 13.9. The molecule has 1 aliphatic rings. The van der Waals surface area contributed by atoms with E-state index in [0.717, 1.165) is 41.9 Å². The second-order valence-corrected chi connectivity index (χ2v) is 7.40. The number of para-hydroxylation sites is 1. The molecule has 0 aromatic heterocycles. The van der Waals surface area contributed by atoms with E-state index in [4.69, 9.17) is 0 Å². The zero-order chi connectivity index (χ0) is 18.5. The highest BCUT2D eigenvalue weighted by atomic mass is 79.9. The highest BCUT2D eigenvalue weighted by Gasteiger charge is 2.19. The number of benzene rings is 2. The molecule has 1 amide bonds. The zero-order valence-electron chi connectivity index (χ0n) is 14.8. The minimum atomic E-state index is -0.176. The number of halogens is 2. The van der Waals surface area contributed by atoms with Gasteiger partial charge in [0, 0.05) is 49.3 Å². The number of carbonyl (C=O) groups excluding carboxylic acids is 1. The molecule has 1 saturated heterocycles. The number of amides is 1. The van der Waals surface area contributed by atoms with Crippen LogP contribution in [0.3, 0.4) is 0 Å². The van der Waals surface area contributed by atoms with Crippen molar-refractivity contribution in [1.29, 1.82) is 0 Å². The summed E-state index contributed by atoms with van der Waals surface area (Å²) in [6.45, 7) is 5.92. The van der Waals surface area contributed by atoms with Gasteiger partial charge in [-0.2, -0.15) is 0 Å². The maximum Gasteiger partial charge on any atom is 0.225 e. The van der Waals surface area contributed by atoms with Crippen LogP contribution in [0.1, 0.15) is 12.0 Å². The summed E-state index contributed by atoms with van der Waals surface area (Å²) in [4.78, 5) is 16.5. The Bertz CT molecular complexity index is 775. The summed E-state index contributed by atoms with van der Waals surface area (Å²) in [5, 5.41) is 2.95. The molecule has 0 unspecified atom stereocenters.